The second-order valence-electron chi connectivity index (χ2n) is 6.32. The molecule has 2 N–H and O–H groups in total. The molecule has 0 unspecified atom stereocenters. The molecule has 5 nitrogen and oxygen atoms in total. The molecular formula is C22H16ClN3O2. The Morgan fingerprint density at radius 2 is 1.82 bits per heavy atom. The summed E-state index contributed by atoms with van der Waals surface area (Å²) in [5, 5.41) is 14.0. The first-order valence-electron chi connectivity index (χ1n) is 8.68. The molecule has 6 heteroatoms. The fourth-order valence-electron chi connectivity index (χ4n) is 3.00. The smallest absolute Gasteiger partial charge is 0.307 e. The third-order valence-electron chi connectivity index (χ3n) is 4.28. The van der Waals surface area contributed by atoms with Gasteiger partial charge in [0.25, 0.3) is 0 Å². The van der Waals surface area contributed by atoms with Crippen LogP contribution in [0.3, 0.4) is 0 Å². The van der Waals surface area contributed by atoms with Crippen molar-refractivity contribution in [3.05, 3.63) is 83.5 Å². The second-order valence-corrected chi connectivity index (χ2v) is 6.76. The predicted molar refractivity (Wildman–Crippen MR) is 111 cm³/mol. The van der Waals surface area contributed by atoms with E-state index in [2.05, 4.69) is 10.3 Å². The fourth-order valence-corrected chi connectivity index (χ4v) is 3.12. The summed E-state index contributed by atoms with van der Waals surface area (Å²) in [6.45, 7) is 0. The molecule has 138 valence electrons. The van der Waals surface area contributed by atoms with Gasteiger partial charge in [-0.2, -0.15) is 0 Å². The Balaban J connectivity index is 1.85. The van der Waals surface area contributed by atoms with E-state index < -0.39 is 5.97 Å². The maximum Gasteiger partial charge on any atom is 0.307 e. The van der Waals surface area contributed by atoms with E-state index in [9.17, 15) is 4.79 Å². The van der Waals surface area contributed by atoms with E-state index >= 15 is 0 Å². The Kier molecular flexibility index (Phi) is 4.91. The van der Waals surface area contributed by atoms with Crippen LogP contribution >= 0.6 is 11.6 Å². The quantitative estimate of drug-likeness (QED) is 0.483. The van der Waals surface area contributed by atoms with Gasteiger partial charge in [-0.3, -0.25) is 9.78 Å². The van der Waals surface area contributed by atoms with E-state index in [1.165, 1.54) is 0 Å². The molecule has 0 amide bonds. The van der Waals surface area contributed by atoms with Gasteiger partial charge in [-0.05, 0) is 60.2 Å². The number of halogens is 1. The van der Waals surface area contributed by atoms with Crippen molar-refractivity contribution >= 4 is 39.8 Å². The first kappa shape index (κ1) is 17.9. The van der Waals surface area contributed by atoms with Gasteiger partial charge >= 0.3 is 5.97 Å². The van der Waals surface area contributed by atoms with Gasteiger partial charge in [-0.25, -0.2) is 4.98 Å². The van der Waals surface area contributed by atoms with E-state index in [4.69, 9.17) is 21.7 Å². The zero-order valence-electron chi connectivity index (χ0n) is 14.8. The number of pyridine rings is 2. The number of nitrogens with one attached hydrogen (secondary N) is 1. The van der Waals surface area contributed by atoms with E-state index in [1.54, 1.807) is 12.3 Å². The Morgan fingerprint density at radius 3 is 2.54 bits per heavy atom. The highest BCUT2D eigenvalue weighted by Crippen LogP contribution is 2.31. The molecule has 0 saturated heterocycles. The molecular weight excluding hydrogens is 374 g/mol. The van der Waals surface area contributed by atoms with E-state index in [0.717, 1.165) is 33.7 Å². The van der Waals surface area contributed by atoms with Crippen LogP contribution in [0.15, 0.2) is 72.9 Å². The molecule has 28 heavy (non-hydrogen) atoms. The van der Waals surface area contributed by atoms with Gasteiger partial charge in [-0.15, -0.1) is 0 Å². The fraction of sp³-hybridized carbons (Fsp3) is 0.0455. The molecule has 0 aliphatic heterocycles. The summed E-state index contributed by atoms with van der Waals surface area (Å²) in [6, 6.07) is 20.5. The number of aliphatic carboxylic acids is 1. The molecule has 0 fully saturated rings. The molecule has 0 aliphatic rings. The molecule has 2 heterocycles. The third-order valence-corrected chi connectivity index (χ3v) is 4.53. The number of carboxylic acid groups (broad SMARTS) is 1. The molecule has 0 saturated carbocycles. The average molecular weight is 390 g/mol. The number of benzene rings is 2. The lowest BCUT2D eigenvalue weighted by Gasteiger charge is -2.13. The monoisotopic (exact) mass is 389 g/mol. The number of hydrogen-bond donors (Lipinski definition) is 2. The number of hydrogen-bond acceptors (Lipinski definition) is 4. The van der Waals surface area contributed by atoms with Crippen LogP contribution in [0.4, 0.5) is 11.4 Å². The topological polar surface area (TPSA) is 75.1 Å². The molecule has 0 spiro atoms. The Hall–Kier alpha value is -3.44. The lowest BCUT2D eigenvalue weighted by molar-refractivity contribution is -0.136. The Bertz CT molecular complexity index is 1150. The van der Waals surface area contributed by atoms with Crippen LogP contribution < -0.4 is 5.32 Å². The number of fused-ring (bicyclic) bond motifs is 1. The van der Waals surface area contributed by atoms with Crippen molar-refractivity contribution in [3.8, 4) is 11.4 Å². The summed E-state index contributed by atoms with van der Waals surface area (Å²) in [5.41, 5.74) is 4.65. The van der Waals surface area contributed by atoms with Crippen molar-refractivity contribution in [2.45, 2.75) is 6.42 Å². The zero-order chi connectivity index (χ0) is 19.5. The van der Waals surface area contributed by atoms with Crippen molar-refractivity contribution in [3.63, 3.8) is 0 Å². The van der Waals surface area contributed by atoms with Crippen LogP contribution in [0, 0.1) is 0 Å². The summed E-state index contributed by atoms with van der Waals surface area (Å²) in [4.78, 5) is 20.2. The summed E-state index contributed by atoms with van der Waals surface area (Å²) in [5.74, 6) is -0.871. The minimum atomic E-state index is -0.871. The summed E-state index contributed by atoms with van der Waals surface area (Å²) in [7, 11) is 0. The van der Waals surface area contributed by atoms with Crippen molar-refractivity contribution in [1.82, 2.24) is 9.97 Å². The van der Waals surface area contributed by atoms with Crippen LogP contribution in [0.1, 0.15) is 5.56 Å². The van der Waals surface area contributed by atoms with E-state index in [1.807, 2.05) is 60.7 Å². The normalized spacial score (nSPS) is 10.8. The number of nitrogens with zero attached hydrogens (tertiary/aromatic N) is 2. The van der Waals surface area contributed by atoms with E-state index in [-0.39, 0.29) is 6.42 Å². The van der Waals surface area contributed by atoms with Gasteiger partial charge in [0.2, 0.25) is 0 Å². The maximum absolute atomic E-state index is 11.1. The largest absolute Gasteiger partial charge is 0.481 e. The number of carbonyl (C=O) groups is 1. The van der Waals surface area contributed by atoms with Crippen molar-refractivity contribution in [1.29, 1.82) is 0 Å². The number of carboxylic acids is 1. The van der Waals surface area contributed by atoms with Gasteiger partial charge in [0.05, 0.1) is 29.0 Å². The summed E-state index contributed by atoms with van der Waals surface area (Å²) >= 11 is 5.98. The van der Waals surface area contributed by atoms with Gasteiger partial charge < -0.3 is 10.4 Å². The van der Waals surface area contributed by atoms with Crippen molar-refractivity contribution < 1.29 is 9.90 Å². The molecule has 0 aliphatic carbocycles. The van der Waals surface area contributed by atoms with E-state index in [0.29, 0.717) is 10.6 Å². The molecule has 2 aromatic heterocycles. The number of anilines is 2. The highest BCUT2D eigenvalue weighted by atomic mass is 35.5. The zero-order valence-corrected chi connectivity index (χ0v) is 15.5. The standard InChI is InChI=1S/C22H16ClN3O2/c23-15-5-7-16(8-6-15)25-20-13-21(19-3-1-2-10-24-19)26-18-9-4-14(11-17(18)20)12-22(27)28/h1-11,13H,12H2,(H,25,26)(H,27,28). The second kappa shape index (κ2) is 7.66. The van der Waals surface area contributed by atoms with Gasteiger partial charge in [0.1, 0.15) is 0 Å². The van der Waals surface area contributed by atoms with Gasteiger partial charge in [0, 0.05) is 22.3 Å². The van der Waals surface area contributed by atoms with Crippen LogP contribution in [0.5, 0.6) is 0 Å². The molecule has 0 bridgehead atoms. The molecule has 4 rings (SSSR count). The van der Waals surface area contributed by atoms with Gasteiger partial charge in [-0.1, -0.05) is 23.7 Å². The minimum absolute atomic E-state index is 0.0433. The van der Waals surface area contributed by atoms with Crippen LogP contribution in [0.2, 0.25) is 5.02 Å². The van der Waals surface area contributed by atoms with Crippen LogP contribution in [-0.2, 0) is 11.2 Å². The molecule has 0 atom stereocenters. The molecule has 2 aromatic carbocycles. The summed E-state index contributed by atoms with van der Waals surface area (Å²) < 4.78 is 0. The molecule has 0 radical (unpaired) electrons. The SMILES string of the molecule is O=C(O)Cc1ccc2nc(-c3ccccn3)cc(Nc3ccc(Cl)cc3)c2c1. The first-order chi connectivity index (χ1) is 13.6. The number of rotatable bonds is 5. The summed E-state index contributed by atoms with van der Waals surface area (Å²) in [6.07, 6.45) is 1.68. The molecule has 4 aromatic rings. The van der Waals surface area contributed by atoms with Crippen molar-refractivity contribution in [2.24, 2.45) is 0 Å². The average Bonchev–Trinajstić information content (AvgIpc) is 2.70. The maximum atomic E-state index is 11.1. The highest BCUT2D eigenvalue weighted by molar-refractivity contribution is 6.30. The Morgan fingerprint density at radius 1 is 1.00 bits per heavy atom. The lowest BCUT2D eigenvalue weighted by Crippen LogP contribution is -2.01. The highest BCUT2D eigenvalue weighted by Gasteiger charge is 2.11. The van der Waals surface area contributed by atoms with Gasteiger partial charge in [0.15, 0.2) is 0 Å². The third kappa shape index (κ3) is 3.94. The Labute approximate surface area is 166 Å². The predicted octanol–water partition coefficient (Wildman–Crippen LogP) is 5.32. The lowest BCUT2D eigenvalue weighted by atomic mass is 10.1. The van der Waals surface area contributed by atoms with Crippen molar-refractivity contribution in [2.75, 3.05) is 5.32 Å². The first-order valence-corrected chi connectivity index (χ1v) is 9.06. The van der Waals surface area contributed by atoms with Crippen LogP contribution in [-0.4, -0.2) is 21.0 Å². The number of aromatic nitrogens is 2. The minimum Gasteiger partial charge on any atom is -0.481 e. The van der Waals surface area contributed by atoms with Crippen LogP contribution in [0.25, 0.3) is 22.3 Å².